The molecule has 6 heteroatoms. The molecule has 0 aliphatic rings. The Morgan fingerprint density at radius 2 is 2.25 bits per heavy atom. The highest BCUT2D eigenvalue weighted by Gasteiger charge is 2.11. The molecular weight excluding hydrogens is 256 g/mol. The highest BCUT2D eigenvalue weighted by Crippen LogP contribution is 2.22. The van der Waals surface area contributed by atoms with Gasteiger partial charge in [0, 0.05) is 12.2 Å². The summed E-state index contributed by atoms with van der Waals surface area (Å²) in [6.45, 7) is 4.62. The van der Waals surface area contributed by atoms with Gasteiger partial charge in [0.05, 0.1) is 5.56 Å². The summed E-state index contributed by atoms with van der Waals surface area (Å²) in [6, 6.07) is 5.03. The third-order valence-electron chi connectivity index (χ3n) is 2.87. The maximum absolute atomic E-state index is 11.6. The minimum Gasteiger partial charge on any atom is -0.485 e. The highest BCUT2D eigenvalue weighted by atomic mass is 16.5. The minimum absolute atomic E-state index is 0.0812. The van der Waals surface area contributed by atoms with Crippen LogP contribution in [-0.2, 0) is 13.2 Å². The Morgan fingerprint density at radius 1 is 1.45 bits per heavy atom. The standard InChI is InChI=1S/C14H18N4O2/c1-3-6-18-14(16-9-17-18)8-20-13-5-4-11(15)7-12(13)10(2)19/h4-5,7,9H,3,6,8,15H2,1-2H3. The van der Waals surface area contributed by atoms with Crippen molar-refractivity contribution in [3.05, 3.63) is 35.9 Å². The molecule has 0 spiro atoms. The molecule has 1 aromatic carbocycles. The molecule has 0 saturated heterocycles. The Hall–Kier alpha value is -2.37. The molecule has 0 aliphatic heterocycles. The summed E-state index contributed by atoms with van der Waals surface area (Å²) in [5.41, 5.74) is 6.70. The van der Waals surface area contributed by atoms with Crippen LogP contribution in [0.25, 0.3) is 0 Å². The van der Waals surface area contributed by atoms with Crippen LogP contribution in [0.2, 0.25) is 0 Å². The second-order valence-corrected chi connectivity index (χ2v) is 4.50. The van der Waals surface area contributed by atoms with E-state index in [1.54, 1.807) is 22.9 Å². The fourth-order valence-electron chi connectivity index (χ4n) is 1.89. The van der Waals surface area contributed by atoms with Gasteiger partial charge in [-0.1, -0.05) is 6.92 Å². The van der Waals surface area contributed by atoms with Crippen molar-refractivity contribution in [2.75, 3.05) is 5.73 Å². The van der Waals surface area contributed by atoms with Crippen LogP contribution in [0.15, 0.2) is 24.5 Å². The van der Waals surface area contributed by atoms with E-state index >= 15 is 0 Å². The van der Waals surface area contributed by atoms with Crippen molar-refractivity contribution in [2.24, 2.45) is 0 Å². The molecule has 0 aliphatic carbocycles. The van der Waals surface area contributed by atoms with E-state index < -0.39 is 0 Å². The number of carbonyl (C=O) groups excluding carboxylic acids is 1. The third-order valence-corrected chi connectivity index (χ3v) is 2.87. The number of nitrogens with two attached hydrogens (primary N) is 1. The zero-order valence-electron chi connectivity index (χ0n) is 11.7. The number of aromatic nitrogens is 3. The number of anilines is 1. The number of hydrogen-bond acceptors (Lipinski definition) is 5. The monoisotopic (exact) mass is 274 g/mol. The molecular formula is C14H18N4O2. The van der Waals surface area contributed by atoms with Crippen LogP contribution in [-0.4, -0.2) is 20.5 Å². The van der Waals surface area contributed by atoms with Gasteiger partial charge in [0.25, 0.3) is 0 Å². The van der Waals surface area contributed by atoms with E-state index in [4.69, 9.17) is 10.5 Å². The number of carbonyl (C=O) groups is 1. The van der Waals surface area contributed by atoms with Crippen LogP contribution in [0.1, 0.15) is 36.5 Å². The lowest BCUT2D eigenvalue weighted by Crippen LogP contribution is -2.10. The average Bonchev–Trinajstić information content (AvgIpc) is 2.85. The summed E-state index contributed by atoms with van der Waals surface area (Å²) in [5, 5.41) is 4.13. The number of rotatable bonds is 6. The molecule has 1 heterocycles. The molecule has 2 aromatic rings. The molecule has 0 atom stereocenters. The zero-order chi connectivity index (χ0) is 14.5. The molecule has 6 nitrogen and oxygen atoms in total. The topological polar surface area (TPSA) is 83.0 Å². The lowest BCUT2D eigenvalue weighted by molar-refractivity contribution is 0.101. The molecule has 0 radical (unpaired) electrons. The number of ketones is 1. The van der Waals surface area contributed by atoms with Gasteiger partial charge < -0.3 is 10.5 Å². The normalized spacial score (nSPS) is 10.5. The lowest BCUT2D eigenvalue weighted by atomic mass is 10.1. The first-order valence-electron chi connectivity index (χ1n) is 6.51. The van der Waals surface area contributed by atoms with Crippen LogP contribution < -0.4 is 10.5 Å². The molecule has 0 unspecified atom stereocenters. The number of nitrogens with zero attached hydrogens (tertiary/aromatic N) is 3. The summed E-state index contributed by atoms with van der Waals surface area (Å²) in [5.74, 6) is 1.17. The van der Waals surface area contributed by atoms with Gasteiger partial charge in [-0.25, -0.2) is 9.67 Å². The molecule has 0 saturated carbocycles. The molecule has 20 heavy (non-hydrogen) atoms. The van der Waals surface area contributed by atoms with E-state index in [1.165, 1.54) is 13.3 Å². The second-order valence-electron chi connectivity index (χ2n) is 4.50. The molecule has 0 amide bonds. The highest BCUT2D eigenvalue weighted by molar-refractivity contribution is 5.97. The van der Waals surface area contributed by atoms with Crippen LogP contribution in [0.5, 0.6) is 5.75 Å². The fourth-order valence-corrected chi connectivity index (χ4v) is 1.89. The summed E-state index contributed by atoms with van der Waals surface area (Å²) in [6.07, 6.45) is 2.47. The molecule has 2 N–H and O–H groups in total. The zero-order valence-corrected chi connectivity index (χ0v) is 11.7. The quantitative estimate of drug-likeness (QED) is 0.644. The summed E-state index contributed by atoms with van der Waals surface area (Å²) >= 11 is 0. The summed E-state index contributed by atoms with van der Waals surface area (Å²) in [4.78, 5) is 15.7. The lowest BCUT2D eigenvalue weighted by Gasteiger charge is -2.10. The molecule has 0 fully saturated rings. The number of Topliss-reactive ketones (excluding diaryl/α,β-unsaturated/α-hetero) is 1. The molecule has 106 valence electrons. The van der Waals surface area contributed by atoms with Gasteiger partial charge in [-0.3, -0.25) is 4.79 Å². The molecule has 1 aromatic heterocycles. The summed E-state index contributed by atoms with van der Waals surface area (Å²) in [7, 11) is 0. The van der Waals surface area contributed by atoms with Gasteiger partial charge in [-0.15, -0.1) is 0 Å². The van der Waals surface area contributed by atoms with E-state index in [0.717, 1.165) is 18.8 Å². The first-order chi connectivity index (χ1) is 9.61. The maximum Gasteiger partial charge on any atom is 0.164 e. The van der Waals surface area contributed by atoms with Crippen molar-refractivity contribution >= 4 is 11.5 Å². The smallest absolute Gasteiger partial charge is 0.164 e. The van der Waals surface area contributed by atoms with E-state index in [9.17, 15) is 4.79 Å². The van der Waals surface area contributed by atoms with Crippen molar-refractivity contribution < 1.29 is 9.53 Å². The van der Waals surface area contributed by atoms with Gasteiger partial charge in [0.15, 0.2) is 11.6 Å². The van der Waals surface area contributed by atoms with Crippen molar-refractivity contribution in [3.8, 4) is 5.75 Å². The minimum atomic E-state index is -0.0812. The van der Waals surface area contributed by atoms with Crippen molar-refractivity contribution in [3.63, 3.8) is 0 Å². The van der Waals surface area contributed by atoms with Crippen LogP contribution in [0, 0.1) is 0 Å². The number of aryl methyl sites for hydroxylation is 1. The fraction of sp³-hybridized carbons (Fsp3) is 0.357. The number of nitrogen functional groups attached to an aromatic ring is 1. The first-order valence-corrected chi connectivity index (χ1v) is 6.51. The Morgan fingerprint density at radius 3 is 2.95 bits per heavy atom. The third kappa shape index (κ3) is 3.14. The predicted octanol–water partition coefficient (Wildman–Crippen LogP) is 2.05. The van der Waals surface area contributed by atoms with Gasteiger partial charge >= 0.3 is 0 Å². The predicted molar refractivity (Wildman–Crippen MR) is 75.5 cm³/mol. The van der Waals surface area contributed by atoms with Crippen molar-refractivity contribution in [1.29, 1.82) is 0 Å². The summed E-state index contributed by atoms with van der Waals surface area (Å²) < 4.78 is 7.48. The van der Waals surface area contributed by atoms with Crippen LogP contribution in [0.4, 0.5) is 5.69 Å². The maximum atomic E-state index is 11.6. The van der Waals surface area contributed by atoms with Gasteiger partial charge in [-0.2, -0.15) is 5.10 Å². The Balaban J connectivity index is 2.14. The van der Waals surface area contributed by atoms with Gasteiger partial charge in [0.2, 0.25) is 0 Å². The van der Waals surface area contributed by atoms with Gasteiger partial charge in [0.1, 0.15) is 18.7 Å². The second kappa shape index (κ2) is 6.18. The average molecular weight is 274 g/mol. The van der Waals surface area contributed by atoms with E-state index in [1.807, 2.05) is 0 Å². The SMILES string of the molecule is CCCn1ncnc1COc1ccc(N)cc1C(C)=O. The van der Waals surface area contributed by atoms with Crippen LogP contribution >= 0.6 is 0 Å². The van der Waals surface area contributed by atoms with Crippen molar-refractivity contribution in [1.82, 2.24) is 14.8 Å². The Bertz CT molecular complexity index is 607. The molecule has 0 bridgehead atoms. The van der Waals surface area contributed by atoms with E-state index in [0.29, 0.717) is 17.0 Å². The number of hydrogen-bond donors (Lipinski definition) is 1. The van der Waals surface area contributed by atoms with Crippen molar-refractivity contribution in [2.45, 2.75) is 33.4 Å². The first kappa shape index (κ1) is 14.0. The number of benzene rings is 1. The number of ether oxygens (including phenoxy) is 1. The van der Waals surface area contributed by atoms with Crippen LogP contribution in [0.3, 0.4) is 0 Å². The van der Waals surface area contributed by atoms with E-state index in [-0.39, 0.29) is 12.4 Å². The molecule has 2 rings (SSSR count). The van der Waals surface area contributed by atoms with E-state index in [2.05, 4.69) is 17.0 Å². The van der Waals surface area contributed by atoms with Gasteiger partial charge in [-0.05, 0) is 31.5 Å². The Labute approximate surface area is 117 Å². The largest absolute Gasteiger partial charge is 0.485 e. The Kier molecular flexibility index (Phi) is 4.34.